The van der Waals surface area contributed by atoms with E-state index in [4.69, 9.17) is 29.7 Å². The molecule has 0 bridgehead atoms. The van der Waals surface area contributed by atoms with Gasteiger partial charge in [0.15, 0.2) is 0 Å². The molecule has 0 saturated heterocycles. The molecule has 0 aliphatic carbocycles. The van der Waals surface area contributed by atoms with Crippen molar-refractivity contribution < 1.29 is 18.1 Å². The Balaban J connectivity index is 0. The van der Waals surface area contributed by atoms with Crippen LogP contribution in [0.2, 0.25) is 0 Å². The van der Waals surface area contributed by atoms with Crippen molar-refractivity contribution in [2.24, 2.45) is 0 Å². The van der Waals surface area contributed by atoms with Gasteiger partial charge in [0.1, 0.15) is 6.29 Å². The van der Waals surface area contributed by atoms with E-state index in [1.54, 1.807) is 0 Å². The second kappa shape index (κ2) is 10.1. The van der Waals surface area contributed by atoms with E-state index < -0.39 is 11.4 Å². The lowest BCUT2D eigenvalue weighted by molar-refractivity contribution is -0.105. The van der Waals surface area contributed by atoms with Crippen LogP contribution in [-0.2, 0) is 16.2 Å². The van der Waals surface area contributed by atoms with Crippen LogP contribution < -0.4 is 0 Å². The molecule has 0 amide bonds. The predicted octanol–water partition coefficient (Wildman–Crippen LogP) is 0.105. The van der Waals surface area contributed by atoms with Crippen molar-refractivity contribution in [3.63, 3.8) is 0 Å². The third-order valence-electron chi connectivity index (χ3n) is 0.0630. The Bertz CT molecular complexity index is 70.4. The molecule has 0 aliphatic heterocycles. The Kier molecular flexibility index (Phi) is 13.8. The van der Waals surface area contributed by atoms with Crippen LogP contribution in [-0.4, -0.2) is 25.5 Å². The molecule has 0 fully saturated rings. The third-order valence-corrected chi connectivity index (χ3v) is 0.189. The van der Waals surface area contributed by atoms with Gasteiger partial charge in [-0.1, -0.05) is 0 Å². The molecule has 0 saturated carbocycles. The Labute approximate surface area is 54.0 Å². The molecule has 0 atom stereocenters. The largest absolute Gasteiger partial charge is 0.302 e. The van der Waals surface area contributed by atoms with Crippen LogP contribution >= 0.6 is 11.6 Å². The SMILES string of the molecule is O=CCCl.O=S(O)O. The van der Waals surface area contributed by atoms with Gasteiger partial charge >= 0.3 is 0 Å². The van der Waals surface area contributed by atoms with Crippen LogP contribution in [0, 0.1) is 0 Å². The van der Waals surface area contributed by atoms with Gasteiger partial charge in [0.2, 0.25) is 0 Å². The molecule has 0 aromatic heterocycles. The van der Waals surface area contributed by atoms with Crippen molar-refractivity contribution in [2.45, 2.75) is 0 Å². The molecule has 0 aliphatic rings. The Morgan fingerprint density at radius 1 is 1.62 bits per heavy atom. The van der Waals surface area contributed by atoms with Crippen LogP contribution in [0.3, 0.4) is 0 Å². The summed E-state index contributed by atoms with van der Waals surface area (Å²) in [5, 5.41) is 0. The number of halogens is 1. The molecule has 0 aromatic carbocycles. The summed E-state index contributed by atoms with van der Waals surface area (Å²) in [5.41, 5.74) is 0. The Morgan fingerprint density at radius 3 is 1.75 bits per heavy atom. The van der Waals surface area contributed by atoms with Gasteiger partial charge in [0.25, 0.3) is 11.4 Å². The smallest absolute Gasteiger partial charge is 0.299 e. The first-order valence-electron chi connectivity index (χ1n) is 1.44. The van der Waals surface area contributed by atoms with Gasteiger partial charge in [0, 0.05) is 0 Å². The summed E-state index contributed by atoms with van der Waals surface area (Å²) in [4.78, 5) is 9.04. The summed E-state index contributed by atoms with van der Waals surface area (Å²) in [6.07, 6.45) is 0.640. The summed E-state index contributed by atoms with van der Waals surface area (Å²) in [5.74, 6) is 0.111. The van der Waals surface area contributed by atoms with E-state index >= 15 is 0 Å². The maximum absolute atomic E-state index is 9.04. The maximum atomic E-state index is 9.04. The van der Waals surface area contributed by atoms with Gasteiger partial charge in [-0.3, -0.25) is 9.11 Å². The second-order valence-electron chi connectivity index (χ2n) is 0.552. The standard InChI is InChI=1S/C2H3ClO.H2O3S/c3-1-2-4;1-4(2)3/h2H,1H2;(H2,1,2,3). The first kappa shape index (κ1) is 10.9. The highest BCUT2D eigenvalue weighted by atomic mass is 35.5. The van der Waals surface area contributed by atoms with Crippen molar-refractivity contribution in [2.75, 3.05) is 5.88 Å². The number of carbonyl (C=O) groups excluding carboxylic acids is 1. The Morgan fingerprint density at radius 2 is 1.75 bits per heavy atom. The third kappa shape index (κ3) is 144. The number of aldehydes is 1. The second-order valence-corrected chi connectivity index (χ2v) is 1.32. The van der Waals surface area contributed by atoms with Crippen LogP contribution in [0.25, 0.3) is 0 Å². The molecule has 6 heteroatoms. The highest BCUT2D eigenvalue weighted by molar-refractivity contribution is 7.73. The van der Waals surface area contributed by atoms with E-state index in [1.807, 2.05) is 0 Å². The molecule has 4 nitrogen and oxygen atoms in total. The fourth-order valence-corrected chi connectivity index (χ4v) is 0. The van der Waals surface area contributed by atoms with Gasteiger partial charge in [-0.05, 0) is 0 Å². The lowest BCUT2D eigenvalue weighted by Crippen LogP contribution is -1.74. The van der Waals surface area contributed by atoms with E-state index in [-0.39, 0.29) is 5.88 Å². The highest BCUT2D eigenvalue weighted by Gasteiger charge is 1.62. The quantitative estimate of drug-likeness (QED) is 0.324. The average molecular weight is 161 g/mol. The maximum Gasteiger partial charge on any atom is 0.299 e. The minimum Gasteiger partial charge on any atom is -0.302 e. The van der Waals surface area contributed by atoms with Crippen LogP contribution in [0.4, 0.5) is 0 Å². The molecular weight excluding hydrogens is 156 g/mol. The van der Waals surface area contributed by atoms with E-state index in [0.29, 0.717) is 6.29 Å². The number of alkyl halides is 1. The Hall–Kier alpha value is 0.0300. The molecular formula is C2H5ClO4S. The fraction of sp³-hybridized carbons (Fsp3) is 0.500. The summed E-state index contributed by atoms with van der Waals surface area (Å²) >= 11 is 2.21. The molecule has 0 unspecified atom stereocenters. The highest BCUT2D eigenvalue weighted by Crippen LogP contribution is 1.57. The molecule has 50 valence electrons. The summed E-state index contributed by atoms with van der Waals surface area (Å²) in [6.45, 7) is 0. The van der Waals surface area contributed by atoms with Gasteiger partial charge in [-0.15, -0.1) is 11.6 Å². The lowest BCUT2D eigenvalue weighted by Gasteiger charge is -1.59. The molecule has 0 aromatic rings. The minimum atomic E-state index is -2.61. The normalized spacial score (nSPS) is 7.50. The molecule has 2 N–H and O–H groups in total. The average Bonchev–Trinajstić information content (AvgIpc) is 1.65. The lowest BCUT2D eigenvalue weighted by atomic mass is 10.9. The zero-order chi connectivity index (χ0) is 6.99. The summed E-state index contributed by atoms with van der Waals surface area (Å²) in [6, 6.07) is 0. The van der Waals surface area contributed by atoms with Crippen molar-refractivity contribution in [3.05, 3.63) is 0 Å². The van der Waals surface area contributed by atoms with Crippen LogP contribution in [0.5, 0.6) is 0 Å². The topological polar surface area (TPSA) is 74.6 Å². The van der Waals surface area contributed by atoms with E-state index in [0.717, 1.165) is 0 Å². The molecule has 0 heterocycles. The number of hydrogen-bond acceptors (Lipinski definition) is 2. The fourth-order valence-electron chi connectivity index (χ4n) is 0. The number of carbonyl (C=O) groups is 1. The predicted molar refractivity (Wildman–Crippen MR) is 30.2 cm³/mol. The van der Waals surface area contributed by atoms with Crippen molar-refractivity contribution >= 4 is 29.2 Å². The number of hydrogen-bond donors (Lipinski definition) is 2. The summed E-state index contributed by atoms with van der Waals surface area (Å²) in [7, 11) is 0. The van der Waals surface area contributed by atoms with E-state index in [1.165, 1.54) is 0 Å². The van der Waals surface area contributed by atoms with Gasteiger partial charge in [0.05, 0.1) is 5.88 Å². The minimum absolute atomic E-state index is 0.111. The van der Waals surface area contributed by atoms with Gasteiger partial charge < -0.3 is 4.79 Å². The molecule has 8 heavy (non-hydrogen) atoms. The molecule has 0 radical (unpaired) electrons. The van der Waals surface area contributed by atoms with Crippen molar-refractivity contribution in [1.82, 2.24) is 0 Å². The van der Waals surface area contributed by atoms with Crippen LogP contribution in [0.15, 0.2) is 0 Å². The van der Waals surface area contributed by atoms with Crippen molar-refractivity contribution in [1.29, 1.82) is 0 Å². The molecule has 0 spiro atoms. The van der Waals surface area contributed by atoms with Gasteiger partial charge in [-0.2, -0.15) is 4.21 Å². The molecule has 0 rings (SSSR count). The zero-order valence-electron chi connectivity index (χ0n) is 3.78. The summed E-state index contributed by atoms with van der Waals surface area (Å²) < 4.78 is 22.8. The van der Waals surface area contributed by atoms with Gasteiger partial charge in [-0.25, -0.2) is 0 Å². The zero-order valence-corrected chi connectivity index (χ0v) is 5.35. The first-order valence-corrected chi connectivity index (χ1v) is 3.04. The monoisotopic (exact) mass is 160 g/mol. The first-order chi connectivity index (χ1) is 3.65. The van der Waals surface area contributed by atoms with Crippen LogP contribution in [0.1, 0.15) is 0 Å². The van der Waals surface area contributed by atoms with E-state index in [2.05, 4.69) is 0 Å². The van der Waals surface area contributed by atoms with Crippen molar-refractivity contribution in [3.8, 4) is 0 Å². The number of rotatable bonds is 1. The van der Waals surface area contributed by atoms with E-state index in [9.17, 15) is 0 Å².